The summed E-state index contributed by atoms with van der Waals surface area (Å²) in [4.78, 5) is 66.0. The highest BCUT2D eigenvalue weighted by atomic mass is 32.2. The number of ether oxygens (including phenoxy) is 1. The van der Waals surface area contributed by atoms with Gasteiger partial charge in [0.25, 0.3) is 17.7 Å². The van der Waals surface area contributed by atoms with E-state index in [4.69, 9.17) is 9.26 Å². The third-order valence-corrected chi connectivity index (χ3v) is 13.5. The highest BCUT2D eigenvalue weighted by Gasteiger charge is 2.63. The number of fused-ring (bicyclic) bond motifs is 3. The second-order valence-electron chi connectivity index (χ2n) is 15.7. The fraction of sp³-hybridized carbons (Fsp3) is 0.553. The van der Waals surface area contributed by atoms with Crippen molar-refractivity contribution in [3.63, 3.8) is 0 Å². The lowest BCUT2D eigenvalue weighted by Gasteiger charge is -2.30. The van der Waals surface area contributed by atoms with Crippen molar-refractivity contribution in [2.75, 3.05) is 6.54 Å². The maximum absolute atomic E-state index is 15.0. The van der Waals surface area contributed by atoms with E-state index in [1.165, 1.54) is 11.0 Å². The number of halogens is 2. The molecule has 15 nitrogen and oxygen atoms in total. The van der Waals surface area contributed by atoms with Crippen molar-refractivity contribution in [1.29, 1.82) is 0 Å². The molecule has 4 amide bonds. The minimum absolute atomic E-state index is 0.00102. The van der Waals surface area contributed by atoms with Crippen molar-refractivity contribution in [3.8, 4) is 5.88 Å². The summed E-state index contributed by atoms with van der Waals surface area (Å²) in [5.41, 5.74) is -1.36. The monoisotopic (exact) mass is 797 g/mol. The van der Waals surface area contributed by atoms with E-state index in [-0.39, 0.29) is 42.5 Å². The third-order valence-electron chi connectivity index (χ3n) is 11.4. The number of alkyl halides is 2. The lowest BCUT2D eigenvalue weighted by Crippen LogP contribution is -2.58. The zero-order valence-corrected chi connectivity index (χ0v) is 32.4. The molecular weight excluding hydrogens is 753 g/mol. The van der Waals surface area contributed by atoms with Crippen LogP contribution in [0.1, 0.15) is 99.1 Å². The van der Waals surface area contributed by atoms with Crippen molar-refractivity contribution < 1.29 is 45.6 Å². The van der Waals surface area contributed by atoms with Gasteiger partial charge >= 0.3 is 0 Å². The van der Waals surface area contributed by atoms with Gasteiger partial charge in [-0.05, 0) is 71.4 Å². The molecule has 4 aliphatic rings. The van der Waals surface area contributed by atoms with Crippen molar-refractivity contribution in [3.05, 3.63) is 59.1 Å². The Hall–Kier alpha value is -5.00. The number of rotatable bonds is 8. The summed E-state index contributed by atoms with van der Waals surface area (Å²) in [7, 11) is -4.06. The molecular formula is C38H45F2N7O8S. The summed E-state index contributed by atoms with van der Waals surface area (Å²) in [6.07, 6.45) is 6.07. The molecule has 3 fully saturated rings. The Morgan fingerprint density at radius 3 is 2.46 bits per heavy atom. The minimum Gasteiger partial charge on any atom is -0.471 e. The molecule has 0 radical (unpaired) electrons. The van der Waals surface area contributed by atoms with Crippen LogP contribution in [0.3, 0.4) is 0 Å². The summed E-state index contributed by atoms with van der Waals surface area (Å²) >= 11 is 0. The van der Waals surface area contributed by atoms with E-state index < -0.39 is 85.5 Å². The van der Waals surface area contributed by atoms with Gasteiger partial charge in [0.2, 0.25) is 27.7 Å². The molecule has 18 heteroatoms. The van der Waals surface area contributed by atoms with Gasteiger partial charge in [0.1, 0.15) is 29.5 Å². The number of para-hydroxylation sites is 2. The Kier molecular flexibility index (Phi) is 10.2. The van der Waals surface area contributed by atoms with Gasteiger partial charge in [-0.25, -0.2) is 18.4 Å². The summed E-state index contributed by atoms with van der Waals surface area (Å²) < 4.78 is 68.6. The number of sulfonamides is 1. The summed E-state index contributed by atoms with van der Waals surface area (Å²) in [6.45, 7) is 5.24. The number of hydrogen-bond donors (Lipinski definition) is 3. The number of nitrogens with zero attached hydrogens (tertiary/aromatic N) is 4. The van der Waals surface area contributed by atoms with Gasteiger partial charge in [-0.2, -0.15) is 8.78 Å². The summed E-state index contributed by atoms with van der Waals surface area (Å²) in [5, 5.41) is 9.41. The van der Waals surface area contributed by atoms with Crippen LogP contribution in [0.25, 0.3) is 11.0 Å². The normalized spacial score (nSPS) is 26.6. The molecule has 0 unspecified atom stereocenters. The van der Waals surface area contributed by atoms with Gasteiger partial charge in [0.15, 0.2) is 11.4 Å². The van der Waals surface area contributed by atoms with Crippen LogP contribution in [-0.2, 0) is 30.3 Å². The third kappa shape index (κ3) is 7.59. The molecule has 2 aliphatic heterocycles. The summed E-state index contributed by atoms with van der Waals surface area (Å²) in [6, 6.07) is 3.97. The first-order chi connectivity index (χ1) is 26.4. The van der Waals surface area contributed by atoms with E-state index in [2.05, 4.69) is 30.5 Å². The molecule has 1 saturated heterocycles. The Balaban J connectivity index is 1.23. The van der Waals surface area contributed by atoms with Crippen molar-refractivity contribution in [2.24, 2.45) is 5.92 Å². The Morgan fingerprint density at radius 2 is 1.80 bits per heavy atom. The number of aryl methyl sites for hydroxylation is 1. The van der Waals surface area contributed by atoms with E-state index in [0.717, 1.165) is 6.42 Å². The largest absolute Gasteiger partial charge is 0.471 e. The number of aromatic nitrogens is 3. The van der Waals surface area contributed by atoms with Crippen LogP contribution in [-0.4, -0.2) is 87.1 Å². The number of carbonyl (C=O) groups excluding carboxylic acids is 4. The van der Waals surface area contributed by atoms with E-state index >= 15 is 0 Å². The van der Waals surface area contributed by atoms with E-state index in [0.29, 0.717) is 50.4 Å². The molecule has 2 aromatic heterocycles. The van der Waals surface area contributed by atoms with Gasteiger partial charge in [-0.15, -0.1) is 0 Å². The number of nitrogens with one attached hydrogen (secondary N) is 3. The fourth-order valence-corrected chi connectivity index (χ4v) is 8.62. The number of amides is 4. The minimum atomic E-state index is -4.06. The lowest BCUT2D eigenvalue weighted by atomic mass is 10.0. The molecule has 5 atom stereocenters. The second kappa shape index (κ2) is 14.5. The van der Waals surface area contributed by atoms with Crippen LogP contribution in [0.4, 0.5) is 8.78 Å². The van der Waals surface area contributed by atoms with Crippen LogP contribution < -0.4 is 20.1 Å². The average molecular weight is 798 g/mol. The van der Waals surface area contributed by atoms with Crippen molar-refractivity contribution >= 4 is 44.7 Å². The van der Waals surface area contributed by atoms with E-state index in [1.54, 1.807) is 45.0 Å². The smallest absolute Gasteiger partial charge is 0.292 e. The zero-order chi connectivity index (χ0) is 40.2. The van der Waals surface area contributed by atoms with Crippen LogP contribution in [0.5, 0.6) is 5.88 Å². The van der Waals surface area contributed by atoms with Gasteiger partial charge in [-0.1, -0.05) is 42.3 Å². The van der Waals surface area contributed by atoms with Crippen LogP contribution in [0.15, 0.2) is 40.9 Å². The predicted octanol–water partition coefficient (Wildman–Crippen LogP) is 3.89. The predicted molar refractivity (Wildman–Crippen MR) is 197 cm³/mol. The standard InChI is InChI=1S/C38H45F2N7O8S/c1-21-22(2)55-45-29(21)32(49)42-27-15-9-7-5-6-8-12-23-19-38(23,35(51)46-56(52,53)36(3)16-17-36)44-31(48)28-18-24(20-47(28)34(27)50)54-33-30(37(4,39)40)41-25-13-10-11-14-26(25)43-33/h8,10-14,23-24,27-28H,5-7,9,15-20H2,1-4H3,(H,42,49)(H,44,48)(H,46,51)/t23-,24-,27+,28+,38-/m1/s1. The zero-order valence-electron chi connectivity index (χ0n) is 31.6. The van der Waals surface area contributed by atoms with Crippen molar-refractivity contribution in [1.82, 2.24) is 35.4 Å². The molecule has 3 N–H and O–H groups in total. The number of carbonyl (C=O) groups is 4. The molecule has 2 aliphatic carbocycles. The molecule has 2 saturated carbocycles. The molecule has 4 heterocycles. The topological polar surface area (TPSA) is 203 Å². The first kappa shape index (κ1) is 39.2. The first-order valence-electron chi connectivity index (χ1n) is 18.8. The van der Waals surface area contributed by atoms with Crippen LogP contribution >= 0.6 is 0 Å². The molecule has 7 rings (SSSR count). The van der Waals surface area contributed by atoms with Gasteiger partial charge in [0.05, 0.1) is 22.3 Å². The highest BCUT2D eigenvalue weighted by molar-refractivity contribution is 7.91. The number of benzene rings is 1. The first-order valence-corrected chi connectivity index (χ1v) is 20.3. The maximum Gasteiger partial charge on any atom is 0.292 e. The second-order valence-corrected chi connectivity index (χ2v) is 17.9. The molecule has 0 spiro atoms. The quantitative estimate of drug-likeness (QED) is 0.279. The molecule has 56 heavy (non-hydrogen) atoms. The molecule has 0 bridgehead atoms. The Morgan fingerprint density at radius 1 is 1.09 bits per heavy atom. The fourth-order valence-electron chi connectivity index (χ4n) is 7.31. The van der Waals surface area contributed by atoms with E-state index in [1.807, 2.05) is 6.08 Å². The molecule has 1 aromatic carbocycles. The average Bonchev–Trinajstić information content (AvgIpc) is 3.97. The highest BCUT2D eigenvalue weighted by Crippen LogP contribution is 2.47. The van der Waals surface area contributed by atoms with Gasteiger partial charge in [-0.3, -0.25) is 23.9 Å². The van der Waals surface area contributed by atoms with Crippen molar-refractivity contribution in [2.45, 2.75) is 120 Å². The van der Waals surface area contributed by atoms with E-state index in [9.17, 15) is 36.4 Å². The van der Waals surface area contributed by atoms with Crippen LogP contribution in [0.2, 0.25) is 0 Å². The number of hydrogen-bond acceptors (Lipinski definition) is 11. The maximum atomic E-state index is 15.0. The SMILES string of the molecule is Cc1onc(C(=O)N[C@H]2CCCCCC=C[C@@H]3C[C@@]3(C(=O)NS(=O)(=O)C3(C)CC3)NC(=O)[C@@H]3C[C@@H](Oc4nc5ccccc5nc4C(C)(F)F)CN3C2=O)c1C. The lowest BCUT2D eigenvalue weighted by molar-refractivity contribution is -0.141. The number of allylic oxidation sites excluding steroid dienone is 1. The Bertz CT molecular complexity index is 2220. The van der Waals surface area contributed by atoms with Gasteiger partial charge in [0, 0.05) is 24.8 Å². The molecule has 3 aromatic rings. The van der Waals surface area contributed by atoms with Gasteiger partial charge < -0.3 is 24.8 Å². The Labute approximate surface area is 322 Å². The molecule has 300 valence electrons. The summed E-state index contributed by atoms with van der Waals surface area (Å²) in [5.74, 6) is -7.00. The van der Waals surface area contributed by atoms with Crippen LogP contribution in [0, 0.1) is 19.8 Å².